The van der Waals surface area contributed by atoms with E-state index in [4.69, 9.17) is 10.5 Å². The molecule has 0 amide bonds. The number of aryl methyl sites for hydroxylation is 1. The highest BCUT2D eigenvalue weighted by Crippen LogP contribution is 2.29. The van der Waals surface area contributed by atoms with Crippen LogP contribution in [0.2, 0.25) is 0 Å². The maximum absolute atomic E-state index is 5.94. The number of benzene rings is 2. The first-order chi connectivity index (χ1) is 9.36. The average Bonchev–Trinajstić information content (AvgIpc) is 2.46. The molecule has 2 aromatic rings. The molecule has 2 heteroatoms. The first-order valence-electron chi connectivity index (χ1n) is 7.20. The molecule has 2 N–H and O–H groups in total. The van der Waals surface area contributed by atoms with E-state index in [2.05, 4.69) is 43.3 Å². The molecule has 2 rings (SSSR count). The van der Waals surface area contributed by atoms with E-state index in [0.29, 0.717) is 0 Å². The van der Waals surface area contributed by atoms with Gasteiger partial charge in [-0.2, -0.15) is 0 Å². The molecular formula is C17H23NO. The molecule has 0 aliphatic carbocycles. The van der Waals surface area contributed by atoms with E-state index in [1.54, 1.807) is 0 Å². The topological polar surface area (TPSA) is 35.2 Å². The molecule has 102 valence electrons. The molecule has 0 saturated carbocycles. The highest BCUT2D eigenvalue weighted by atomic mass is 16.5. The molecule has 0 radical (unpaired) electrons. The minimum atomic E-state index is 0.720. The van der Waals surface area contributed by atoms with E-state index in [0.717, 1.165) is 44.6 Å². The Labute approximate surface area is 115 Å². The summed E-state index contributed by atoms with van der Waals surface area (Å²) in [5.41, 5.74) is 6.96. The van der Waals surface area contributed by atoms with Crippen LogP contribution in [0.4, 0.5) is 0 Å². The number of unbranched alkanes of at least 4 members (excludes halogenated alkanes) is 1. The van der Waals surface area contributed by atoms with Crippen molar-refractivity contribution in [1.82, 2.24) is 0 Å². The van der Waals surface area contributed by atoms with E-state index >= 15 is 0 Å². The van der Waals surface area contributed by atoms with Crippen molar-refractivity contribution in [2.24, 2.45) is 5.73 Å². The fraction of sp³-hybridized carbons (Fsp3) is 0.412. The summed E-state index contributed by atoms with van der Waals surface area (Å²) >= 11 is 0. The number of fused-ring (bicyclic) bond motifs is 1. The van der Waals surface area contributed by atoms with Crippen molar-refractivity contribution in [3.05, 3.63) is 42.0 Å². The molecule has 0 fully saturated rings. The minimum absolute atomic E-state index is 0.720. The van der Waals surface area contributed by atoms with Crippen LogP contribution in [-0.4, -0.2) is 13.2 Å². The summed E-state index contributed by atoms with van der Waals surface area (Å²) in [4.78, 5) is 0. The van der Waals surface area contributed by atoms with Gasteiger partial charge in [0.25, 0.3) is 0 Å². The van der Waals surface area contributed by atoms with Crippen LogP contribution >= 0.6 is 0 Å². The van der Waals surface area contributed by atoms with Gasteiger partial charge in [-0.1, -0.05) is 43.7 Å². The third-order valence-electron chi connectivity index (χ3n) is 3.38. The van der Waals surface area contributed by atoms with Gasteiger partial charge in [0.15, 0.2) is 0 Å². The van der Waals surface area contributed by atoms with Crippen molar-refractivity contribution in [2.75, 3.05) is 13.2 Å². The predicted molar refractivity (Wildman–Crippen MR) is 81.7 cm³/mol. The van der Waals surface area contributed by atoms with Crippen molar-refractivity contribution < 1.29 is 4.74 Å². The summed E-state index contributed by atoms with van der Waals surface area (Å²) in [6.45, 7) is 3.70. The summed E-state index contributed by atoms with van der Waals surface area (Å²) in [6, 6.07) is 12.7. The van der Waals surface area contributed by atoms with E-state index in [9.17, 15) is 0 Å². The first-order valence-corrected chi connectivity index (χ1v) is 7.20. The molecule has 0 unspecified atom stereocenters. The van der Waals surface area contributed by atoms with Gasteiger partial charge in [-0.15, -0.1) is 0 Å². The van der Waals surface area contributed by atoms with Crippen molar-refractivity contribution in [1.29, 1.82) is 0 Å². The maximum atomic E-state index is 5.94. The van der Waals surface area contributed by atoms with Crippen molar-refractivity contribution in [2.45, 2.75) is 32.6 Å². The summed E-state index contributed by atoms with van der Waals surface area (Å²) in [5.74, 6) is 1.03. The van der Waals surface area contributed by atoms with Crippen LogP contribution in [0.15, 0.2) is 36.4 Å². The molecule has 0 aromatic heterocycles. The number of rotatable bonds is 7. The molecule has 0 aliphatic rings. The lowest BCUT2D eigenvalue weighted by Gasteiger charge is -2.14. The van der Waals surface area contributed by atoms with E-state index in [1.165, 1.54) is 16.3 Å². The van der Waals surface area contributed by atoms with Gasteiger partial charge in [0.2, 0.25) is 0 Å². The van der Waals surface area contributed by atoms with Gasteiger partial charge >= 0.3 is 0 Å². The van der Waals surface area contributed by atoms with Crippen LogP contribution in [-0.2, 0) is 6.42 Å². The SMILES string of the molecule is CCCCOc1ccc2ccccc2c1CCCN. The standard InChI is InChI=1S/C17H23NO/c1-2-3-13-19-17-11-10-14-7-4-5-8-15(14)16(17)9-6-12-18/h4-5,7-8,10-11H,2-3,6,9,12-13,18H2,1H3. The third kappa shape index (κ3) is 3.48. The Morgan fingerprint density at radius 1 is 1.05 bits per heavy atom. The molecule has 2 nitrogen and oxygen atoms in total. The molecule has 0 atom stereocenters. The van der Waals surface area contributed by atoms with Gasteiger partial charge in [-0.3, -0.25) is 0 Å². The second-order valence-corrected chi connectivity index (χ2v) is 4.86. The summed E-state index contributed by atoms with van der Waals surface area (Å²) < 4.78 is 5.94. The monoisotopic (exact) mass is 257 g/mol. The van der Waals surface area contributed by atoms with Gasteiger partial charge in [-0.25, -0.2) is 0 Å². The zero-order valence-electron chi connectivity index (χ0n) is 11.7. The minimum Gasteiger partial charge on any atom is -0.493 e. The second kappa shape index (κ2) is 7.15. The maximum Gasteiger partial charge on any atom is 0.123 e. The molecule has 0 spiro atoms. The Kier molecular flexibility index (Phi) is 5.22. The van der Waals surface area contributed by atoms with Crippen LogP contribution in [0, 0.1) is 0 Å². The summed E-state index contributed by atoms with van der Waals surface area (Å²) in [7, 11) is 0. The quantitative estimate of drug-likeness (QED) is 0.763. The van der Waals surface area contributed by atoms with E-state index < -0.39 is 0 Å². The van der Waals surface area contributed by atoms with E-state index in [1.807, 2.05) is 0 Å². The zero-order valence-corrected chi connectivity index (χ0v) is 11.7. The Bertz CT molecular complexity index is 522. The van der Waals surface area contributed by atoms with Crippen LogP contribution < -0.4 is 10.5 Å². The Hall–Kier alpha value is -1.54. The lowest BCUT2D eigenvalue weighted by Crippen LogP contribution is -2.04. The number of hydrogen-bond donors (Lipinski definition) is 1. The fourth-order valence-corrected chi connectivity index (χ4v) is 2.31. The van der Waals surface area contributed by atoms with Gasteiger partial charge in [0, 0.05) is 5.56 Å². The molecule has 19 heavy (non-hydrogen) atoms. The number of hydrogen-bond acceptors (Lipinski definition) is 2. The van der Waals surface area contributed by atoms with Gasteiger partial charge < -0.3 is 10.5 Å². The molecule has 2 aromatic carbocycles. The van der Waals surface area contributed by atoms with Crippen molar-refractivity contribution in [3.63, 3.8) is 0 Å². The van der Waals surface area contributed by atoms with Gasteiger partial charge in [0.05, 0.1) is 6.61 Å². The third-order valence-corrected chi connectivity index (χ3v) is 3.38. The molecule has 0 saturated heterocycles. The van der Waals surface area contributed by atoms with Crippen LogP contribution in [0.1, 0.15) is 31.7 Å². The largest absolute Gasteiger partial charge is 0.493 e. The van der Waals surface area contributed by atoms with Gasteiger partial charge in [-0.05, 0) is 42.6 Å². The zero-order chi connectivity index (χ0) is 13.5. The molecule has 0 bridgehead atoms. The van der Waals surface area contributed by atoms with Crippen LogP contribution in [0.5, 0.6) is 5.75 Å². The Balaban J connectivity index is 2.32. The fourth-order valence-electron chi connectivity index (χ4n) is 2.31. The first kappa shape index (κ1) is 13.9. The lowest BCUT2D eigenvalue weighted by atomic mass is 10.00. The van der Waals surface area contributed by atoms with Crippen molar-refractivity contribution >= 4 is 10.8 Å². The summed E-state index contributed by atoms with van der Waals surface area (Å²) in [6.07, 6.45) is 4.24. The smallest absolute Gasteiger partial charge is 0.123 e. The Morgan fingerprint density at radius 2 is 1.89 bits per heavy atom. The average molecular weight is 257 g/mol. The number of ether oxygens (including phenoxy) is 1. The normalized spacial score (nSPS) is 10.8. The van der Waals surface area contributed by atoms with Crippen molar-refractivity contribution in [3.8, 4) is 5.75 Å². The Morgan fingerprint density at radius 3 is 2.68 bits per heavy atom. The summed E-state index contributed by atoms with van der Waals surface area (Å²) in [5, 5.41) is 2.57. The second-order valence-electron chi connectivity index (χ2n) is 4.86. The van der Waals surface area contributed by atoms with Gasteiger partial charge in [0.1, 0.15) is 5.75 Å². The number of nitrogens with two attached hydrogens (primary N) is 1. The molecule has 0 aliphatic heterocycles. The van der Waals surface area contributed by atoms with Crippen LogP contribution in [0.3, 0.4) is 0 Å². The van der Waals surface area contributed by atoms with E-state index in [-0.39, 0.29) is 0 Å². The molecular weight excluding hydrogens is 234 g/mol. The van der Waals surface area contributed by atoms with Crippen LogP contribution in [0.25, 0.3) is 10.8 Å². The highest BCUT2D eigenvalue weighted by Gasteiger charge is 2.08. The lowest BCUT2D eigenvalue weighted by molar-refractivity contribution is 0.306. The predicted octanol–water partition coefficient (Wildman–Crippen LogP) is 3.91. The highest BCUT2D eigenvalue weighted by molar-refractivity contribution is 5.87. The molecule has 0 heterocycles.